The van der Waals surface area contributed by atoms with E-state index in [1.807, 2.05) is 0 Å². The van der Waals surface area contributed by atoms with Crippen LogP contribution in [0.4, 0.5) is 16.2 Å². The van der Waals surface area contributed by atoms with Gasteiger partial charge in [0, 0.05) is 11.1 Å². The van der Waals surface area contributed by atoms with E-state index in [0.29, 0.717) is 11.1 Å². The molecule has 2 aromatic rings. The second-order valence-electron chi connectivity index (χ2n) is 3.42. The minimum Gasteiger partial charge on any atom is -0.505 e. The van der Waals surface area contributed by atoms with E-state index in [4.69, 9.17) is 11.5 Å². The van der Waals surface area contributed by atoms with Crippen LogP contribution >= 0.6 is 0 Å². The van der Waals surface area contributed by atoms with Crippen molar-refractivity contribution in [2.75, 3.05) is 5.73 Å². The number of amides is 2. The van der Waals surface area contributed by atoms with Crippen LogP contribution in [-0.2, 0) is 0 Å². The molecule has 0 atom stereocenters. The van der Waals surface area contributed by atoms with Crippen LogP contribution in [0.3, 0.4) is 0 Å². The quantitative estimate of drug-likeness (QED) is 0.515. The van der Waals surface area contributed by atoms with Crippen LogP contribution in [-0.4, -0.2) is 11.1 Å². The smallest absolute Gasteiger partial charge is 0.356 e. The minimum atomic E-state index is -0.925. The Kier molecular flexibility index (Phi) is 2.61. The van der Waals surface area contributed by atoms with Crippen LogP contribution in [0.5, 0.6) is 5.75 Å². The molecule has 0 fully saturated rings. The number of fused-ring (bicyclic) bond motifs is 1. The van der Waals surface area contributed by atoms with Gasteiger partial charge in [0.05, 0.1) is 0 Å². The molecule has 17 heavy (non-hydrogen) atoms. The number of anilines is 1. The SMILES string of the molecule is NC(=O)N=Nc1ccc2cccc(N)c2c1O. The molecule has 2 rings (SSSR count). The third-order valence-electron chi connectivity index (χ3n) is 2.29. The first-order valence-corrected chi connectivity index (χ1v) is 4.81. The maximum absolute atomic E-state index is 10.5. The van der Waals surface area contributed by atoms with Crippen molar-refractivity contribution in [3.8, 4) is 5.75 Å². The van der Waals surface area contributed by atoms with Gasteiger partial charge in [-0.25, -0.2) is 4.79 Å². The van der Waals surface area contributed by atoms with E-state index in [2.05, 4.69) is 10.2 Å². The van der Waals surface area contributed by atoms with Crippen molar-refractivity contribution < 1.29 is 9.90 Å². The molecule has 0 aromatic heterocycles. The van der Waals surface area contributed by atoms with E-state index in [0.717, 1.165) is 5.39 Å². The van der Waals surface area contributed by atoms with Gasteiger partial charge in [0.2, 0.25) is 0 Å². The third kappa shape index (κ3) is 2.00. The van der Waals surface area contributed by atoms with Gasteiger partial charge in [-0.05, 0) is 17.5 Å². The van der Waals surface area contributed by atoms with Gasteiger partial charge >= 0.3 is 6.03 Å². The number of nitrogens with zero attached hydrogens (tertiary/aromatic N) is 2. The monoisotopic (exact) mass is 230 g/mol. The fourth-order valence-corrected chi connectivity index (χ4v) is 1.56. The highest BCUT2D eigenvalue weighted by Crippen LogP contribution is 2.37. The molecule has 0 radical (unpaired) electrons. The van der Waals surface area contributed by atoms with Crippen molar-refractivity contribution in [2.24, 2.45) is 16.0 Å². The molecule has 6 nitrogen and oxygen atoms in total. The van der Waals surface area contributed by atoms with E-state index < -0.39 is 6.03 Å². The minimum absolute atomic E-state index is 0.120. The van der Waals surface area contributed by atoms with Crippen LogP contribution < -0.4 is 11.5 Å². The van der Waals surface area contributed by atoms with Crippen LogP contribution in [0.15, 0.2) is 40.6 Å². The molecule has 2 amide bonds. The number of urea groups is 1. The number of primary amides is 1. The number of phenols is 1. The van der Waals surface area contributed by atoms with Crippen LogP contribution in [0.25, 0.3) is 10.8 Å². The second-order valence-corrected chi connectivity index (χ2v) is 3.42. The van der Waals surface area contributed by atoms with Crippen molar-refractivity contribution in [1.82, 2.24) is 0 Å². The summed E-state index contributed by atoms with van der Waals surface area (Å²) in [6, 6.07) is 7.58. The summed E-state index contributed by atoms with van der Waals surface area (Å²) in [5, 5.41) is 17.9. The predicted octanol–water partition coefficient (Wildman–Crippen LogP) is 2.29. The lowest BCUT2D eigenvalue weighted by atomic mass is 10.1. The Morgan fingerprint density at radius 3 is 2.71 bits per heavy atom. The summed E-state index contributed by atoms with van der Waals surface area (Å²) in [6.45, 7) is 0. The molecule has 0 heterocycles. The average molecular weight is 230 g/mol. The number of aromatic hydroxyl groups is 1. The first kappa shape index (κ1) is 10.9. The lowest BCUT2D eigenvalue weighted by molar-refractivity contribution is 0.255. The third-order valence-corrected chi connectivity index (χ3v) is 2.29. The number of rotatable bonds is 1. The molecule has 0 bridgehead atoms. The highest BCUT2D eigenvalue weighted by molar-refractivity contribution is 6.00. The van der Waals surface area contributed by atoms with Crippen LogP contribution in [0.1, 0.15) is 0 Å². The zero-order valence-electron chi connectivity index (χ0n) is 8.79. The van der Waals surface area contributed by atoms with E-state index >= 15 is 0 Å². The number of benzene rings is 2. The van der Waals surface area contributed by atoms with Crippen LogP contribution in [0, 0.1) is 0 Å². The number of azo groups is 1. The van der Waals surface area contributed by atoms with Crippen molar-refractivity contribution in [3.63, 3.8) is 0 Å². The molecule has 0 saturated heterocycles. The van der Waals surface area contributed by atoms with Gasteiger partial charge in [-0.15, -0.1) is 5.11 Å². The summed E-state index contributed by atoms with van der Waals surface area (Å²) >= 11 is 0. The van der Waals surface area contributed by atoms with Crippen molar-refractivity contribution in [3.05, 3.63) is 30.3 Å². The highest BCUT2D eigenvalue weighted by Gasteiger charge is 2.08. The standard InChI is InChI=1S/C11H10N4O2/c12-7-3-1-2-6-4-5-8(10(16)9(6)7)14-15-11(13)17/h1-5,16H,12H2,(H2,13,17). The molecule has 2 aromatic carbocycles. The van der Waals surface area contributed by atoms with E-state index in [1.54, 1.807) is 24.3 Å². The number of nitrogens with two attached hydrogens (primary N) is 2. The fourth-order valence-electron chi connectivity index (χ4n) is 1.56. The van der Waals surface area contributed by atoms with Gasteiger partial charge in [0.15, 0.2) is 5.75 Å². The van der Waals surface area contributed by atoms with Gasteiger partial charge in [-0.2, -0.15) is 0 Å². The molecule has 0 aliphatic rings. The summed E-state index contributed by atoms with van der Waals surface area (Å²) in [5.74, 6) is -0.120. The molecular formula is C11H10N4O2. The van der Waals surface area contributed by atoms with Crippen molar-refractivity contribution >= 4 is 28.2 Å². The lowest BCUT2D eigenvalue weighted by Crippen LogP contribution is -2.01. The fraction of sp³-hybridized carbons (Fsp3) is 0. The van der Waals surface area contributed by atoms with Crippen LogP contribution in [0.2, 0.25) is 0 Å². The first-order chi connectivity index (χ1) is 8.09. The number of nitrogen functional groups attached to an aromatic ring is 1. The average Bonchev–Trinajstić information content (AvgIpc) is 2.28. The van der Waals surface area contributed by atoms with Crippen molar-refractivity contribution in [2.45, 2.75) is 0 Å². The molecular weight excluding hydrogens is 220 g/mol. The Morgan fingerprint density at radius 1 is 1.24 bits per heavy atom. The molecule has 6 heteroatoms. The molecule has 86 valence electrons. The lowest BCUT2D eigenvalue weighted by Gasteiger charge is -2.05. The Labute approximate surface area is 96.6 Å². The summed E-state index contributed by atoms with van der Waals surface area (Å²) in [4.78, 5) is 10.5. The van der Waals surface area contributed by atoms with E-state index in [-0.39, 0.29) is 11.4 Å². The number of hydrogen-bond donors (Lipinski definition) is 3. The number of phenolic OH excluding ortho intramolecular Hbond substituents is 1. The molecule has 5 N–H and O–H groups in total. The van der Waals surface area contributed by atoms with Gasteiger partial charge in [-0.1, -0.05) is 23.3 Å². The Morgan fingerprint density at radius 2 is 2.00 bits per heavy atom. The molecule has 0 aliphatic carbocycles. The highest BCUT2D eigenvalue weighted by atomic mass is 16.3. The second kappa shape index (κ2) is 4.09. The van der Waals surface area contributed by atoms with E-state index in [9.17, 15) is 9.90 Å². The largest absolute Gasteiger partial charge is 0.505 e. The Hall–Kier alpha value is -2.63. The zero-order chi connectivity index (χ0) is 12.4. The summed E-state index contributed by atoms with van der Waals surface area (Å²) < 4.78 is 0. The summed E-state index contributed by atoms with van der Waals surface area (Å²) in [7, 11) is 0. The summed E-state index contributed by atoms with van der Waals surface area (Å²) in [5.41, 5.74) is 11.2. The Balaban J connectivity index is 2.65. The number of carbonyl (C=O) groups excluding carboxylic acids is 1. The number of hydrogen-bond acceptors (Lipinski definition) is 4. The van der Waals surface area contributed by atoms with Crippen molar-refractivity contribution in [1.29, 1.82) is 0 Å². The summed E-state index contributed by atoms with van der Waals surface area (Å²) in [6.07, 6.45) is 0. The van der Waals surface area contributed by atoms with Gasteiger partial charge in [0.25, 0.3) is 0 Å². The maximum Gasteiger partial charge on any atom is 0.356 e. The maximum atomic E-state index is 10.5. The Bertz CT molecular complexity index is 622. The molecule has 0 spiro atoms. The van der Waals surface area contributed by atoms with Gasteiger partial charge < -0.3 is 16.6 Å². The normalized spacial score (nSPS) is 11.1. The number of carbonyl (C=O) groups is 1. The molecule has 0 aliphatic heterocycles. The first-order valence-electron chi connectivity index (χ1n) is 4.81. The van der Waals surface area contributed by atoms with Gasteiger partial charge in [0.1, 0.15) is 5.69 Å². The predicted molar refractivity (Wildman–Crippen MR) is 64.1 cm³/mol. The van der Waals surface area contributed by atoms with Gasteiger partial charge in [-0.3, -0.25) is 0 Å². The topological polar surface area (TPSA) is 114 Å². The molecule has 0 unspecified atom stereocenters. The molecule has 0 saturated carbocycles. The zero-order valence-corrected chi connectivity index (χ0v) is 8.79. The van der Waals surface area contributed by atoms with E-state index in [1.165, 1.54) is 6.07 Å².